The number of rotatable bonds is 7. The molecule has 0 amide bonds. The van der Waals surface area contributed by atoms with Gasteiger partial charge in [0.25, 0.3) is 0 Å². The van der Waals surface area contributed by atoms with Crippen LogP contribution in [0.15, 0.2) is 34.7 Å². The Hall–Kier alpha value is -1.14. The summed E-state index contributed by atoms with van der Waals surface area (Å²) >= 11 is 0. The van der Waals surface area contributed by atoms with E-state index in [4.69, 9.17) is 10.2 Å². The third kappa shape index (κ3) is 3.74. The average molecular weight is 459 g/mol. The highest BCUT2D eigenvalue weighted by atomic mass is 16.3. The first-order valence-corrected chi connectivity index (χ1v) is 13.0. The highest BCUT2D eigenvalue weighted by molar-refractivity contribution is 5.39. The SMILES string of the molecule is CC12CCC(C3(C)CCC(O)C(C)(C)C3CO)C(C)(CNCCN)C1=CCC2c1ccoc1. The van der Waals surface area contributed by atoms with Crippen LogP contribution in [0.1, 0.15) is 78.2 Å². The molecule has 3 aliphatic rings. The molecule has 0 radical (unpaired) electrons. The number of aliphatic hydroxyl groups is 2. The molecule has 4 rings (SSSR count). The zero-order chi connectivity index (χ0) is 24.1. The normalized spacial score (nSPS) is 42.7. The van der Waals surface area contributed by atoms with Crippen LogP contribution < -0.4 is 11.1 Å². The number of nitrogens with one attached hydrogen (secondary N) is 1. The molecule has 3 aliphatic carbocycles. The zero-order valence-corrected chi connectivity index (χ0v) is 21.4. The Bertz CT molecular complexity index is 849. The maximum atomic E-state index is 10.8. The summed E-state index contributed by atoms with van der Waals surface area (Å²) in [7, 11) is 0. The third-order valence-electron chi connectivity index (χ3n) is 10.5. The van der Waals surface area contributed by atoms with Crippen molar-refractivity contribution < 1.29 is 14.6 Å². The number of hydrogen-bond acceptors (Lipinski definition) is 5. The second-order valence-corrected chi connectivity index (χ2v) is 12.5. The quantitative estimate of drug-likeness (QED) is 0.358. The first-order chi connectivity index (χ1) is 15.6. The zero-order valence-electron chi connectivity index (χ0n) is 21.4. The molecule has 0 spiro atoms. The van der Waals surface area contributed by atoms with Gasteiger partial charge in [-0.25, -0.2) is 0 Å². The predicted molar refractivity (Wildman–Crippen MR) is 133 cm³/mol. The molecule has 1 heterocycles. The van der Waals surface area contributed by atoms with Crippen LogP contribution in [-0.4, -0.2) is 42.6 Å². The molecule has 2 saturated carbocycles. The topological polar surface area (TPSA) is 91.7 Å². The number of aliphatic hydroxyl groups excluding tert-OH is 2. The van der Waals surface area contributed by atoms with Crippen LogP contribution >= 0.6 is 0 Å². The highest BCUT2D eigenvalue weighted by Gasteiger charge is 2.62. The van der Waals surface area contributed by atoms with Gasteiger partial charge in [-0.3, -0.25) is 0 Å². The number of nitrogens with two attached hydrogens (primary N) is 1. The molecule has 7 unspecified atom stereocenters. The van der Waals surface area contributed by atoms with Crippen LogP contribution in [0, 0.1) is 33.5 Å². The molecular weight excluding hydrogens is 412 g/mol. The summed E-state index contributed by atoms with van der Waals surface area (Å²) < 4.78 is 5.48. The number of fused-ring (bicyclic) bond motifs is 1. The molecule has 5 nitrogen and oxygen atoms in total. The van der Waals surface area contributed by atoms with Gasteiger partial charge in [-0.15, -0.1) is 0 Å². The lowest BCUT2D eigenvalue weighted by Crippen LogP contribution is -2.60. The van der Waals surface area contributed by atoms with Crippen LogP contribution in [0.4, 0.5) is 0 Å². The summed E-state index contributed by atoms with van der Waals surface area (Å²) in [5.74, 6) is 0.928. The molecule has 186 valence electrons. The second-order valence-electron chi connectivity index (χ2n) is 12.5. The lowest BCUT2D eigenvalue weighted by atomic mass is 9.42. The van der Waals surface area contributed by atoms with Gasteiger partial charge in [0.1, 0.15) is 0 Å². The highest BCUT2D eigenvalue weighted by Crippen LogP contribution is 2.69. The Balaban J connectivity index is 1.75. The fourth-order valence-electron chi connectivity index (χ4n) is 8.70. The van der Waals surface area contributed by atoms with Gasteiger partial charge in [-0.05, 0) is 77.7 Å². The Morgan fingerprint density at radius 1 is 1.15 bits per heavy atom. The van der Waals surface area contributed by atoms with E-state index in [1.165, 1.54) is 5.56 Å². The van der Waals surface area contributed by atoms with E-state index in [1.54, 1.807) is 11.8 Å². The lowest BCUT2D eigenvalue weighted by Gasteiger charge is -2.63. The number of hydrogen-bond donors (Lipinski definition) is 4. The van der Waals surface area contributed by atoms with E-state index < -0.39 is 0 Å². The van der Waals surface area contributed by atoms with Crippen LogP contribution in [0.2, 0.25) is 0 Å². The van der Waals surface area contributed by atoms with E-state index in [2.05, 4.69) is 52.1 Å². The summed E-state index contributed by atoms with van der Waals surface area (Å²) in [6, 6.07) is 2.14. The van der Waals surface area contributed by atoms with Gasteiger partial charge >= 0.3 is 0 Å². The van der Waals surface area contributed by atoms with Crippen LogP contribution in [-0.2, 0) is 0 Å². The maximum absolute atomic E-state index is 10.8. The molecule has 5 heteroatoms. The van der Waals surface area contributed by atoms with E-state index in [-0.39, 0.29) is 40.3 Å². The van der Waals surface area contributed by atoms with Gasteiger partial charge in [-0.1, -0.05) is 46.3 Å². The minimum atomic E-state index is -0.366. The summed E-state index contributed by atoms with van der Waals surface area (Å²) in [6.07, 6.45) is 11.0. The van der Waals surface area contributed by atoms with Crippen molar-refractivity contribution in [3.8, 4) is 0 Å². The first-order valence-electron chi connectivity index (χ1n) is 13.0. The molecule has 0 aliphatic heterocycles. The fraction of sp³-hybridized carbons (Fsp3) is 0.786. The Labute approximate surface area is 200 Å². The van der Waals surface area contributed by atoms with Gasteiger partial charge in [-0.2, -0.15) is 0 Å². The number of furan rings is 1. The first kappa shape index (κ1) is 25.0. The van der Waals surface area contributed by atoms with Gasteiger partial charge in [0.15, 0.2) is 0 Å². The molecule has 0 aromatic carbocycles. The maximum Gasteiger partial charge on any atom is 0.0937 e. The molecule has 33 heavy (non-hydrogen) atoms. The summed E-state index contributed by atoms with van der Waals surface area (Å²) in [4.78, 5) is 0. The molecule has 1 aromatic heterocycles. The van der Waals surface area contributed by atoms with Crippen LogP contribution in [0.25, 0.3) is 0 Å². The second kappa shape index (κ2) is 8.82. The summed E-state index contributed by atoms with van der Waals surface area (Å²) in [5, 5.41) is 25.2. The molecule has 2 fully saturated rings. The molecule has 0 bridgehead atoms. The number of allylic oxidation sites excluding steroid dienone is 1. The largest absolute Gasteiger partial charge is 0.472 e. The minimum absolute atomic E-state index is 0.0405. The Morgan fingerprint density at radius 2 is 1.91 bits per heavy atom. The van der Waals surface area contributed by atoms with Crippen molar-refractivity contribution in [2.24, 2.45) is 39.2 Å². The van der Waals surface area contributed by atoms with Gasteiger partial charge < -0.3 is 25.7 Å². The van der Waals surface area contributed by atoms with E-state index in [0.717, 1.165) is 45.2 Å². The van der Waals surface area contributed by atoms with Gasteiger partial charge in [0.05, 0.1) is 18.6 Å². The smallest absolute Gasteiger partial charge is 0.0937 e. The molecule has 5 N–H and O–H groups in total. The average Bonchev–Trinajstić information content (AvgIpc) is 3.39. The fourth-order valence-corrected chi connectivity index (χ4v) is 8.70. The molecule has 1 aromatic rings. The van der Waals surface area contributed by atoms with Gasteiger partial charge in [0.2, 0.25) is 0 Å². The Kier molecular flexibility index (Phi) is 6.67. The minimum Gasteiger partial charge on any atom is -0.472 e. The van der Waals surface area contributed by atoms with Crippen molar-refractivity contribution in [1.29, 1.82) is 0 Å². The van der Waals surface area contributed by atoms with Gasteiger partial charge in [0, 0.05) is 31.7 Å². The molecule has 0 saturated heterocycles. The lowest BCUT2D eigenvalue weighted by molar-refractivity contribution is -0.157. The van der Waals surface area contributed by atoms with Crippen molar-refractivity contribution in [2.75, 3.05) is 26.2 Å². The molecular formula is C28H46N2O3. The van der Waals surface area contributed by atoms with Crippen molar-refractivity contribution in [3.63, 3.8) is 0 Å². The summed E-state index contributed by atoms with van der Waals surface area (Å²) in [6.45, 7) is 14.1. The van der Waals surface area contributed by atoms with Crippen LogP contribution in [0.3, 0.4) is 0 Å². The van der Waals surface area contributed by atoms with Crippen LogP contribution in [0.5, 0.6) is 0 Å². The van der Waals surface area contributed by atoms with Crippen molar-refractivity contribution in [1.82, 2.24) is 5.32 Å². The predicted octanol–water partition coefficient (Wildman–Crippen LogP) is 4.46. The van der Waals surface area contributed by atoms with Crippen molar-refractivity contribution in [3.05, 3.63) is 35.8 Å². The summed E-state index contributed by atoms with van der Waals surface area (Å²) in [5.41, 5.74) is 8.44. The van der Waals surface area contributed by atoms with E-state index >= 15 is 0 Å². The standard InChI is InChI=1S/C28H46N2O3/c1-25(2)23(16-31)27(4,12-9-24(25)32)22-8-11-26(3)20(19-10-15-33-17-19)6-7-21(26)28(22,5)18-30-14-13-29/h7,10,15,17,20,22-24,30-32H,6,8-9,11-14,16,18,29H2,1-5H3. The van der Waals surface area contributed by atoms with Crippen molar-refractivity contribution >= 4 is 0 Å². The van der Waals surface area contributed by atoms with E-state index in [9.17, 15) is 10.2 Å². The monoisotopic (exact) mass is 458 g/mol. The molecule has 7 atom stereocenters. The third-order valence-corrected chi connectivity index (χ3v) is 10.5. The van der Waals surface area contributed by atoms with Crippen molar-refractivity contribution in [2.45, 2.75) is 78.7 Å². The Morgan fingerprint density at radius 3 is 2.55 bits per heavy atom. The van der Waals surface area contributed by atoms with E-state index in [1.807, 2.05) is 6.26 Å². The van der Waals surface area contributed by atoms with E-state index in [0.29, 0.717) is 18.4 Å².